The van der Waals surface area contributed by atoms with Crippen LogP contribution in [0, 0.1) is 0 Å². The second-order valence-electron chi connectivity index (χ2n) is 3.00. The number of ether oxygens (including phenoxy) is 1. The fourth-order valence-corrected chi connectivity index (χ4v) is 1.42. The van der Waals surface area contributed by atoms with Gasteiger partial charge < -0.3 is 8.92 Å². The molecule has 17 heavy (non-hydrogen) atoms. The molecule has 7 heteroatoms. The van der Waals surface area contributed by atoms with Crippen LogP contribution in [0.3, 0.4) is 0 Å². The van der Waals surface area contributed by atoms with Gasteiger partial charge in [-0.2, -0.15) is 13.4 Å². The van der Waals surface area contributed by atoms with Crippen molar-refractivity contribution in [2.24, 2.45) is 0 Å². The van der Waals surface area contributed by atoms with Crippen LogP contribution in [0.25, 0.3) is 5.76 Å². The summed E-state index contributed by atoms with van der Waals surface area (Å²) in [6, 6.07) is 1.36. The first-order valence-electron chi connectivity index (χ1n) is 5.05. The van der Waals surface area contributed by atoms with Crippen molar-refractivity contribution in [1.29, 1.82) is 0 Å². The van der Waals surface area contributed by atoms with E-state index in [2.05, 4.69) is 16.5 Å². The van der Waals surface area contributed by atoms with Gasteiger partial charge >= 0.3 is 10.1 Å². The van der Waals surface area contributed by atoms with E-state index in [0.717, 1.165) is 0 Å². The Balaban J connectivity index is 2.90. The number of rotatable bonds is 6. The molecule has 1 heterocycles. The van der Waals surface area contributed by atoms with E-state index in [4.69, 9.17) is 8.92 Å². The van der Waals surface area contributed by atoms with Crippen molar-refractivity contribution < 1.29 is 17.3 Å². The normalized spacial score (nSPS) is 10.9. The smallest absolute Gasteiger partial charge is 0.310 e. The van der Waals surface area contributed by atoms with Crippen LogP contribution < -0.4 is 4.18 Å². The molecule has 0 saturated heterocycles. The lowest BCUT2D eigenvalue weighted by Crippen LogP contribution is -2.13. The second kappa shape index (κ2) is 5.62. The van der Waals surface area contributed by atoms with Crippen LogP contribution in [0.4, 0.5) is 0 Å². The van der Waals surface area contributed by atoms with Gasteiger partial charge in [-0.15, -0.1) is 0 Å². The maximum atomic E-state index is 11.2. The third kappa shape index (κ3) is 4.03. The molecule has 94 valence electrons. The summed E-state index contributed by atoms with van der Waals surface area (Å²) in [5, 5.41) is 0. The summed E-state index contributed by atoms with van der Waals surface area (Å²) >= 11 is 0. The highest BCUT2D eigenvalue weighted by atomic mass is 32.2. The van der Waals surface area contributed by atoms with Gasteiger partial charge in [-0.05, 0) is 13.8 Å². The van der Waals surface area contributed by atoms with Gasteiger partial charge in [0.15, 0.2) is 11.6 Å². The molecule has 0 radical (unpaired) electrons. The summed E-state index contributed by atoms with van der Waals surface area (Å²) in [6.07, 6.45) is 1.38. The van der Waals surface area contributed by atoms with E-state index in [1.165, 1.54) is 19.2 Å². The van der Waals surface area contributed by atoms with E-state index in [0.29, 0.717) is 6.61 Å². The first-order chi connectivity index (χ1) is 7.98. The van der Waals surface area contributed by atoms with Gasteiger partial charge in [0.05, 0.1) is 12.4 Å². The molecule has 0 aliphatic carbocycles. The number of hydrogen-bond donors (Lipinski definition) is 0. The minimum Gasteiger partial charge on any atom is -0.491 e. The van der Waals surface area contributed by atoms with Crippen molar-refractivity contribution in [3.63, 3.8) is 0 Å². The molecule has 0 aliphatic heterocycles. The predicted octanol–water partition coefficient (Wildman–Crippen LogP) is 1.21. The standard InChI is InChI=1S/C10H14N2O4S/c1-4-15-8(3)10-11-7-6-9(12-10)16-17(13,14)5-2/h6-7H,3-5H2,1-2H3. The molecule has 0 saturated carbocycles. The molecule has 0 aromatic carbocycles. The highest BCUT2D eigenvalue weighted by Gasteiger charge is 2.12. The van der Waals surface area contributed by atoms with Gasteiger partial charge in [0.1, 0.15) is 0 Å². The third-order valence-corrected chi connectivity index (χ3v) is 2.90. The highest BCUT2D eigenvalue weighted by Crippen LogP contribution is 2.14. The SMILES string of the molecule is C=C(OCC)c1nccc(OS(=O)(=O)CC)n1. The van der Waals surface area contributed by atoms with Gasteiger partial charge in [-0.1, -0.05) is 6.58 Å². The zero-order chi connectivity index (χ0) is 12.9. The summed E-state index contributed by atoms with van der Waals surface area (Å²) in [7, 11) is -3.59. The van der Waals surface area contributed by atoms with Crippen molar-refractivity contribution in [2.45, 2.75) is 13.8 Å². The van der Waals surface area contributed by atoms with Gasteiger partial charge in [0.2, 0.25) is 5.88 Å². The van der Waals surface area contributed by atoms with Crippen LogP contribution in [0.5, 0.6) is 5.88 Å². The Bertz CT molecular complexity index is 499. The van der Waals surface area contributed by atoms with Crippen molar-refractivity contribution in [3.8, 4) is 5.88 Å². The Morgan fingerprint density at radius 3 is 2.76 bits per heavy atom. The molecular formula is C10H14N2O4S. The van der Waals surface area contributed by atoms with Crippen LogP contribution in [0.2, 0.25) is 0 Å². The number of nitrogens with zero attached hydrogens (tertiary/aromatic N) is 2. The first kappa shape index (κ1) is 13.4. The first-order valence-corrected chi connectivity index (χ1v) is 6.63. The minimum absolute atomic E-state index is 0.0438. The molecule has 0 bridgehead atoms. The molecular weight excluding hydrogens is 244 g/mol. The van der Waals surface area contributed by atoms with Crippen molar-refractivity contribution in [1.82, 2.24) is 9.97 Å². The summed E-state index contributed by atoms with van der Waals surface area (Å²) in [5.41, 5.74) is 0. The fraction of sp³-hybridized carbons (Fsp3) is 0.400. The largest absolute Gasteiger partial charge is 0.491 e. The highest BCUT2D eigenvalue weighted by molar-refractivity contribution is 7.87. The summed E-state index contributed by atoms with van der Waals surface area (Å²) in [6.45, 7) is 7.33. The quantitative estimate of drug-likeness (QED) is 0.563. The number of hydrogen-bond acceptors (Lipinski definition) is 6. The molecule has 1 aromatic heterocycles. The Hall–Kier alpha value is -1.63. The average molecular weight is 258 g/mol. The van der Waals surface area contributed by atoms with Gasteiger partial charge in [-0.3, -0.25) is 0 Å². The van der Waals surface area contributed by atoms with Gasteiger partial charge in [-0.25, -0.2) is 4.98 Å². The van der Waals surface area contributed by atoms with Crippen LogP contribution in [0.1, 0.15) is 19.7 Å². The average Bonchev–Trinajstić information content (AvgIpc) is 2.29. The van der Waals surface area contributed by atoms with E-state index < -0.39 is 10.1 Å². The van der Waals surface area contributed by atoms with Gasteiger partial charge in [0, 0.05) is 12.3 Å². The Kier molecular flexibility index (Phi) is 4.45. The Morgan fingerprint density at radius 1 is 1.47 bits per heavy atom. The molecule has 1 rings (SSSR count). The molecule has 0 N–H and O–H groups in total. The van der Waals surface area contributed by atoms with Gasteiger partial charge in [0.25, 0.3) is 0 Å². The number of aromatic nitrogens is 2. The molecule has 0 atom stereocenters. The molecule has 0 unspecified atom stereocenters. The van der Waals surface area contributed by atoms with Crippen LogP contribution in [0.15, 0.2) is 18.8 Å². The maximum absolute atomic E-state index is 11.2. The van der Waals surface area contributed by atoms with E-state index in [-0.39, 0.29) is 23.2 Å². The zero-order valence-corrected chi connectivity index (χ0v) is 10.5. The molecule has 0 aliphatic rings. The van der Waals surface area contributed by atoms with E-state index >= 15 is 0 Å². The van der Waals surface area contributed by atoms with Crippen molar-refractivity contribution in [2.75, 3.05) is 12.4 Å². The van der Waals surface area contributed by atoms with Crippen molar-refractivity contribution in [3.05, 3.63) is 24.7 Å². The Morgan fingerprint density at radius 2 is 2.18 bits per heavy atom. The summed E-state index contributed by atoms with van der Waals surface area (Å²) in [4.78, 5) is 7.79. The maximum Gasteiger partial charge on any atom is 0.310 e. The van der Waals surface area contributed by atoms with E-state index in [1.807, 2.05) is 0 Å². The zero-order valence-electron chi connectivity index (χ0n) is 9.71. The minimum atomic E-state index is -3.59. The summed E-state index contributed by atoms with van der Waals surface area (Å²) < 4.78 is 32.3. The molecule has 6 nitrogen and oxygen atoms in total. The van der Waals surface area contributed by atoms with Crippen LogP contribution >= 0.6 is 0 Å². The van der Waals surface area contributed by atoms with E-state index in [9.17, 15) is 8.42 Å². The fourth-order valence-electron chi connectivity index (χ4n) is 0.951. The lowest BCUT2D eigenvalue weighted by molar-refractivity contribution is 0.295. The lowest BCUT2D eigenvalue weighted by Gasteiger charge is -2.07. The van der Waals surface area contributed by atoms with E-state index in [1.54, 1.807) is 6.92 Å². The topological polar surface area (TPSA) is 78.4 Å². The molecule has 0 fully saturated rings. The van der Waals surface area contributed by atoms with Crippen LogP contribution in [-0.2, 0) is 14.9 Å². The summed E-state index contributed by atoms with van der Waals surface area (Å²) in [5.74, 6) is 0.304. The Labute approximate surface area is 100 Å². The molecule has 1 aromatic rings. The van der Waals surface area contributed by atoms with Crippen LogP contribution in [-0.4, -0.2) is 30.7 Å². The van der Waals surface area contributed by atoms with Crippen molar-refractivity contribution >= 4 is 15.9 Å². The molecule has 0 amide bonds. The predicted molar refractivity (Wildman–Crippen MR) is 62.8 cm³/mol. The second-order valence-corrected chi connectivity index (χ2v) is 4.86. The lowest BCUT2D eigenvalue weighted by atomic mass is 10.5. The third-order valence-electron chi connectivity index (χ3n) is 1.76. The molecule has 0 spiro atoms. The monoisotopic (exact) mass is 258 g/mol.